The molecule has 18 heavy (non-hydrogen) atoms. The zero-order valence-electron chi connectivity index (χ0n) is 10.8. The van der Waals surface area contributed by atoms with Crippen LogP contribution >= 0.6 is 0 Å². The van der Waals surface area contributed by atoms with Crippen LogP contribution < -0.4 is 10.1 Å². The molecule has 2 N–H and O–H groups in total. The van der Waals surface area contributed by atoms with Crippen LogP contribution in [0.25, 0.3) is 0 Å². The van der Waals surface area contributed by atoms with Crippen molar-refractivity contribution in [3.8, 4) is 11.8 Å². The first-order valence-corrected chi connectivity index (χ1v) is 5.83. The second kappa shape index (κ2) is 6.39. The van der Waals surface area contributed by atoms with Crippen molar-refractivity contribution in [1.29, 1.82) is 5.26 Å². The summed E-state index contributed by atoms with van der Waals surface area (Å²) in [5, 5.41) is 21.7. The van der Waals surface area contributed by atoms with Crippen LogP contribution in [0.4, 0.5) is 0 Å². The average Bonchev–Trinajstić information content (AvgIpc) is 2.33. The third-order valence-corrected chi connectivity index (χ3v) is 2.25. The summed E-state index contributed by atoms with van der Waals surface area (Å²) in [6.45, 7) is 8.26. The van der Waals surface area contributed by atoms with E-state index in [1.165, 1.54) is 0 Å². The molecule has 0 amide bonds. The molecule has 0 saturated heterocycles. The number of nitriles is 1. The Morgan fingerprint density at radius 2 is 2.17 bits per heavy atom. The monoisotopic (exact) mass is 247 g/mol. The molecule has 1 unspecified atom stereocenters. The first-order chi connectivity index (χ1) is 8.42. The second-order valence-electron chi connectivity index (χ2n) is 4.84. The van der Waals surface area contributed by atoms with Gasteiger partial charge in [-0.25, -0.2) is 0 Å². The van der Waals surface area contributed by atoms with E-state index in [1.54, 1.807) is 24.3 Å². The highest BCUT2D eigenvalue weighted by Crippen LogP contribution is 2.16. The van der Waals surface area contributed by atoms with Gasteiger partial charge >= 0.3 is 0 Å². The summed E-state index contributed by atoms with van der Waals surface area (Å²) in [4.78, 5) is 0. The molecular weight excluding hydrogens is 228 g/mol. The summed E-state index contributed by atoms with van der Waals surface area (Å²) < 4.78 is 5.42. The van der Waals surface area contributed by atoms with Gasteiger partial charge in [-0.05, 0) is 32.9 Å². The van der Waals surface area contributed by atoms with Gasteiger partial charge in [0, 0.05) is 12.1 Å². The predicted octanol–water partition coefficient (Wildman–Crippen LogP) is 1.50. The average molecular weight is 247 g/mol. The molecule has 1 atom stereocenters. The van der Waals surface area contributed by atoms with Gasteiger partial charge in [0.05, 0.1) is 5.56 Å². The van der Waals surface area contributed by atoms with Gasteiger partial charge in [0.25, 0.3) is 0 Å². The third-order valence-electron chi connectivity index (χ3n) is 2.25. The summed E-state index contributed by atoms with van der Waals surface area (Å²) in [5.74, 6) is 0.493. The Labute approximate surface area is 108 Å². The number of aliphatic hydroxyl groups is 1. The lowest BCUT2D eigenvalue weighted by molar-refractivity contribution is 0.101. The Balaban J connectivity index is 2.43. The van der Waals surface area contributed by atoms with Crippen LogP contribution in [0.15, 0.2) is 24.3 Å². The Hall–Kier alpha value is -1.57. The molecule has 0 aliphatic heterocycles. The topological polar surface area (TPSA) is 65.3 Å². The van der Waals surface area contributed by atoms with E-state index in [-0.39, 0.29) is 12.1 Å². The number of benzene rings is 1. The molecule has 1 rings (SSSR count). The lowest BCUT2D eigenvalue weighted by Crippen LogP contribution is -2.42. The van der Waals surface area contributed by atoms with Gasteiger partial charge < -0.3 is 15.2 Å². The highest BCUT2D eigenvalue weighted by atomic mass is 16.5. The number of β-amino-alcohol motifs (C(OH)–C–C–N with tert-alkyl or cyclic N) is 1. The normalized spacial score (nSPS) is 12.8. The number of hydrogen-bond acceptors (Lipinski definition) is 4. The zero-order chi connectivity index (χ0) is 13.6. The molecule has 0 bridgehead atoms. The number of ether oxygens (including phenoxy) is 1. The molecule has 97 valence electrons. The van der Waals surface area contributed by atoms with Crippen LogP contribution in [-0.4, -0.2) is 29.9 Å². The van der Waals surface area contributed by atoms with E-state index in [0.717, 1.165) is 0 Å². The predicted molar refractivity (Wildman–Crippen MR) is 70.1 cm³/mol. The minimum atomic E-state index is -0.641. The third kappa shape index (κ3) is 5.17. The summed E-state index contributed by atoms with van der Waals surface area (Å²) in [6, 6.07) is 9.00. The molecule has 1 radical (unpaired) electrons. The van der Waals surface area contributed by atoms with E-state index in [1.807, 2.05) is 19.9 Å². The summed E-state index contributed by atoms with van der Waals surface area (Å²) >= 11 is 0. The molecule has 1 aromatic rings. The van der Waals surface area contributed by atoms with E-state index in [0.29, 0.717) is 17.9 Å². The molecule has 0 fully saturated rings. The SMILES string of the molecule is [CH2]C(C)(C)NCC(O)COc1ccccc1C#N. The fourth-order valence-corrected chi connectivity index (χ4v) is 1.32. The van der Waals surface area contributed by atoms with E-state index >= 15 is 0 Å². The number of nitrogens with zero attached hydrogens (tertiary/aromatic N) is 1. The number of nitrogens with one attached hydrogen (secondary N) is 1. The first-order valence-electron chi connectivity index (χ1n) is 5.83. The maximum absolute atomic E-state index is 9.74. The van der Waals surface area contributed by atoms with Crippen LogP contribution in [0.2, 0.25) is 0 Å². The van der Waals surface area contributed by atoms with Gasteiger partial charge in [-0.1, -0.05) is 12.1 Å². The standard InChI is InChI=1S/C14H19N2O2/c1-14(2,3)16-9-12(17)10-18-13-7-5-4-6-11(13)8-15/h4-7,12,16-17H,1,9-10H2,2-3H3. The fourth-order valence-electron chi connectivity index (χ4n) is 1.32. The Morgan fingerprint density at radius 1 is 1.50 bits per heavy atom. The molecule has 4 heteroatoms. The minimum Gasteiger partial charge on any atom is -0.489 e. The van der Waals surface area contributed by atoms with Crippen LogP contribution in [0.3, 0.4) is 0 Å². The molecule has 0 saturated carbocycles. The van der Waals surface area contributed by atoms with Crippen LogP contribution in [0.5, 0.6) is 5.75 Å². The van der Waals surface area contributed by atoms with Crippen LogP contribution in [-0.2, 0) is 0 Å². The highest BCUT2D eigenvalue weighted by molar-refractivity contribution is 5.42. The fraction of sp³-hybridized carbons (Fsp3) is 0.429. The molecule has 4 nitrogen and oxygen atoms in total. The van der Waals surface area contributed by atoms with E-state index < -0.39 is 6.10 Å². The van der Waals surface area contributed by atoms with Gasteiger partial charge in [-0.3, -0.25) is 0 Å². The number of aliphatic hydroxyl groups excluding tert-OH is 1. The Morgan fingerprint density at radius 3 is 2.78 bits per heavy atom. The number of hydrogen-bond donors (Lipinski definition) is 2. The first kappa shape index (κ1) is 14.5. The van der Waals surface area contributed by atoms with Gasteiger partial charge in [0.15, 0.2) is 0 Å². The summed E-state index contributed by atoms with van der Waals surface area (Å²) in [5.41, 5.74) is 0.182. The van der Waals surface area contributed by atoms with Crippen molar-refractivity contribution in [2.45, 2.75) is 25.5 Å². The molecule has 0 aromatic heterocycles. The zero-order valence-corrected chi connectivity index (χ0v) is 10.8. The molecule has 1 aromatic carbocycles. The molecular formula is C14H19N2O2. The van der Waals surface area contributed by atoms with Crippen molar-refractivity contribution < 1.29 is 9.84 Å². The van der Waals surface area contributed by atoms with Crippen molar-refractivity contribution in [3.05, 3.63) is 36.8 Å². The molecule has 0 aliphatic rings. The van der Waals surface area contributed by atoms with E-state index in [9.17, 15) is 5.11 Å². The molecule has 0 heterocycles. The molecule has 0 aliphatic carbocycles. The van der Waals surface area contributed by atoms with Crippen LogP contribution in [0, 0.1) is 18.3 Å². The summed E-state index contributed by atoms with van der Waals surface area (Å²) in [6.07, 6.45) is -0.641. The molecule has 0 spiro atoms. The van der Waals surface area contributed by atoms with Crippen molar-refractivity contribution in [1.82, 2.24) is 5.32 Å². The Kier molecular flexibility index (Phi) is 5.14. The second-order valence-corrected chi connectivity index (χ2v) is 4.84. The highest BCUT2D eigenvalue weighted by Gasteiger charge is 2.13. The van der Waals surface area contributed by atoms with Crippen molar-refractivity contribution >= 4 is 0 Å². The van der Waals surface area contributed by atoms with E-state index in [2.05, 4.69) is 12.2 Å². The van der Waals surface area contributed by atoms with Gasteiger partial charge in [0.1, 0.15) is 24.5 Å². The quantitative estimate of drug-likeness (QED) is 0.799. The maximum Gasteiger partial charge on any atom is 0.137 e. The lowest BCUT2D eigenvalue weighted by Gasteiger charge is -2.22. The number of para-hydroxylation sites is 1. The van der Waals surface area contributed by atoms with Crippen molar-refractivity contribution in [3.63, 3.8) is 0 Å². The minimum absolute atomic E-state index is 0.141. The van der Waals surface area contributed by atoms with Crippen molar-refractivity contribution in [2.24, 2.45) is 0 Å². The van der Waals surface area contributed by atoms with Gasteiger partial charge in [-0.2, -0.15) is 5.26 Å². The largest absolute Gasteiger partial charge is 0.489 e. The van der Waals surface area contributed by atoms with Gasteiger partial charge in [-0.15, -0.1) is 0 Å². The maximum atomic E-state index is 9.74. The lowest BCUT2D eigenvalue weighted by atomic mass is 10.1. The summed E-state index contributed by atoms with van der Waals surface area (Å²) in [7, 11) is 0. The smallest absolute Gasteiger partial charge is 0.137 e. The number of rotatable bonds is 6. The van der Waals surface area contributed by atoms with Gasteiger partial charge in [0.2, 0.25) is 0 Å². The van der Waals surface area contributed by atoms with Crippen LogP contribution in [0.1, 0.15) is 19.4 Å². The van der Waals surface area contributed by atoms with E-state index in [4.69, 9.17) is 10.00 Å². The van der Waals surface area contributed by atoms with Crippen molar-refractivity contribution in [2.75, 3.05) is 13.2 Å². The Bertz CT molecular complexity index is 419.